The third kappa shape index (κ3) is 3.14. The van der Waals surface area contributed by atoms with Gasteiger partial charge in [-0.25, -0.2) is 4.98 Å². The van der Waals surface area contributed by atoms with E-state index < -0.39 is 0 Å². The van der Waals surface area contributed by atoms with E-state index >= 15 is 0 Å². The Morgan fingerprint density at radius 1 is 1.53 bits per heavy atom. The molecule has 0 amide bonds. The summed E-state index contributed by atoms with van der Waals surface area (Å²) in [6.07, 6.45) is 1.69. The van der Waals surface area contributed by atoms with E-state index in [2.05, 4.69) is 25.3 Å². The summed E-state index contributed by atoms with van der Waals surface area (Å²) in [5.74, 6) is 0.847. The Hall–Kier alpha value is -0.720. The molecule has 1 aromatic heterocycles. The van der Waals surface area contributed by atoms with Crippen molar-refractivity contribution in [2.45, 2.75) is 22.6 Å². The maximum absolute atomic E-state index is 10.9. The quantitative estimate of drug-likeness (QED) is 0.800. The zero-order chi connectivity index (χ0) is 12.3. The van der Waals surface area contributed by atoms with Gasteiger partial charge in [-0.15, -0.1) is 0 Å². The summed E-state index contributed by atoms with van der Waals surface area (Å²) in [7, 11) is 0. The molecule has 0 fully saturated rings. The molecule has 17 heavy (non-hydrogen) atoms. The molecule has 0 bridgehead atoms. The van der Waals surface area contributed by atoms with Crippen LogP contribution >= 0.6 is 39.2 Å². The predicted octanol–water partition coefficient (Wildman–Crippen LogP) is 3.83. The van der Waals surface area contributed by atoms with E-state index in [1.165, 1.54) is 23.3 Å². The van der Waals surface area contributed by atoms with Gasteiger partial charge in [0.15, 0.2) is 10.6 Å². The van der Waals surface area contributed by atoms with Crippen LogP contribution < -0.4 is 0 Å². The van der Waals surface area contributed by atoms with Crippen molar-refractivity contribution >= 4 is 45.5 Å². The lowest BCUT2D eigenvalue weighted by molar-refractivity contribution is 0.112. The average Bonchev–Trinajstić information content (AvgIpc) is 2.77. The standard InChI is InChI=1S/C11H9BrN2OS2/c1-2-10-13-11(17-14-10)16-9-5-8(12)4-3-7(9)6-15/h3-6H,2H2,1H3. The van der Waals surface area contributed by atoms with Crippen molar-refractivity contribution in [2.24, 2.45) is 0 Å². The molecule has 0 saturated heterocycles. The van der Waals surface area contributed by atoms with Gasteiger partial charge in [0.2, 0.25) is 0 Å². The lowest BCUT2D eigenvalue weighted by Crippen LogP contribution is -1.85. The van der Waals surface area contributed by atoms with Crippen LogP contribution in [0.4, 0.5) is 0 Å². The molecule has 1 heterocycles. The van der Waals surface area contributed by atoms with Crippen molar-refractivity contribution in [1.82, 2.24) is 9.36 Å². The van der Waals surface area contributed by atoms with E-state index in [0.29, 0.717) is 5.56 Å². The van der Waals surface area contributed by atoms with Crippen molar-refractivity contribution < 1.29 is 4.79 Å². The maximum atomic E-state index is 10.9. The molecular weight excluding hydrogens is 320 g/mol. The molecule has 2 aromatic rings. The zero-order valence-electron chi connectivity index (χ0n) is 9.01. The third-order valence-electron chi connectivity index (χ3n) is 2.07. The molecule has 0 spiro atoms. The van der Waals surface area contributed by atoms with E-state index in [4.69, 9.17) is 0 Å². The maximum Gasteiger partial charge on any atom is 0.174 e. The summed E-state index contributed by atoms with van der Waals surface area (Å²) in [6.45, 7) is 2.02. The molecule has 0 saturated carbocycles. The van der Waals surface area contributed by atoms with Gasteiger partial charge in [0.05, 0.1) is 0 Å². The Balaban J connectivity index is 2.28. The molecule has 6 heteroatoms. The number of hydrogen-bond acceptors (Lipinski definition) is 5. The molecule has 3 nitrogen and oxygen atoms in total. The monoisotopic (exact) mass is 328 g/mol. The summed E-state index contributed by atoms with van der Waals surface area (Å²) in [6, 6.07) is 5.56. The van der Waals surface area contributed by atoms with Crippen molar-refractivity contribution in [2.75, 3.05) is 0 Å². The van der Waals surface area contributed by atoms with Crippen LogP contribution in [0.1, 0.15) is 23.1 Å². The van der Waals surface area contributed by atoms with Gasteiger partial charge < -0.3 is 0 Å². The highest BCUT2D eigenvalue weighted by atomic mass is 79.9. The largest absolute Gasteiger partial charge is 0.298 e. The van der Waals surface area contributed by atoms with Crippen LogP contribution in [0.2, 0.25) is 0 Å². The Morgan fingerprint density at radius 2 is 2.35 bits per heavy atom. The Kier molecular flexibility index (Phi) is 4.31. The van der Waals surface area contributed by atoms with Gasteiger partial charge in [-0.1, -0.05) is 34.6 Å². The fraction of sp³-hybridized carbons (Fsp3) is 0.182. The first kappa shape index (κ1) is 12.7. The Labute approximate surface area is 116 Å². The summed E-state index contributed by atoms with van der Waals surface area (Å²) in [4.78, 5) is 16.2. The van der Waals surface area contributed by atoms with E-state index in [-0.39, 0.29) is 0 Å². The van der Waals surface area contributed by atoms with Crippen LogP contribution in [0.15, 0.2) is 31.9 Å². The number of aldehydes is 1. The first-order valence-electron chi connectivity index (χ1n) is 4.98. The summed E-state index contributed by atoms with van der Waals surface area (Å²) < 4.78 is 6.03. The molecule has 1 aromatic carbocycles. The van der Waals surface area contributed by atoms with Crippen LogP contribution in [0.25, 0.3) is 0 Å². The van der Waals surface area contributed by atoms with Crippen molar-refractivity contribution in [1.29, 1.82) is 0 Å². The molecule has 0 aliphatic rings. The number of benzene rings is 1. The van der Waals surface area contributed by atoms with Crippen LogP contribution in [0.5, 0.6) is 0 Å². The third-order valence-corrected chi connectivity index (χ3v) is 4.42. The fourth-order valence-corrected chi connectivity index (χ4v) is 3.51. The number of nitrogens with zero attached hydrogens (tertiary/aromatic N) is 2. The van der Waals surface area contributed by atoms with Gasteiger partial charge in [-0.2, -0.15) is 4.37 Å². The van der Waals surface area contributed by atoms with Gasteiger partial charge in [-0.3, -0.25) is 4.79 Å². The highest BCUT2D eigenvalue weighted by molar-refractivity contribution is 9.10. The van der Waals surface area contributed by atoms with Gasteiger partial charge in [-0.05, 0) is 29.7 Å². The molecular formula is C11H9BrN2OS2. The molecule has 88 valence electrons. The SMILES string of the molecule is CCc1nsc(Sc2cc(Br)ccc2C=O)n1. The highest BCUT2D eigenvalue weighted by Gasteiger charge is 2.08. The minimum absolute atomic E-state index is 0.673. The van der Waals surface area contributed by atoms with E-state index in [0.717, 1.165) is 32.2 Å². The van der Waals surface area contributed by atoms with Gasteiger partial charge >= 0.3 is 0 Å². The fourth-order valence-electron chi connectivity index (χ4n) is 1.21. The van der Waals surface area contributed by atoms with Crippen LogP contribution in [0, 0.1) is 0 Å². The summed E-state index contributed by atoms with van der Waals surface area (Å²) in [5, 5.41) is 0. The van der Waals surface area contributed by atoms with Gasteiger partial charge in [0.1, 0.15) is 5.82 Å². The van der Waals surface area contributed by atoms with E-state index in [1.54, 1.807) is 6.07 Å². The zero-order valence-corrected chi connectivity index (χ0v) is 12.2. The number of aryl methyl sites for hydroxylation is 1. The number of rotatable bonds is 4. The predicted molar refractivity (Wildman–Crippen MR) is 72.9 cm³/mol. The molecule has 2 rings (SSSR count). The van der Waals surface area contributed by atoms with E-state index in [9.17, 15) is 4.79 Å². The van der Waals surface area contributed by atoms with Gasteiger partial charge in [0, 0.05) is 21.4 Å². The van der Waals surface area contributed by atoms with Crippen LogP contribution in [0.3, 0.4) is 0 Å². The average molecular weight is 329 g/mol. The Morgan fingerprint density at radius 3 is 3.00 bits per heavy atom. The number of carbonyl (C=O) groups is 1. The van der Waals surface area contributed by atoms with E-state index in [1.807, 2.05) is 19.1 Å². The van der Waals surface area contributed by atoms with Crippen molar-refractivity contribution in [3.63, 3.8) is 0 Å². The lowest BCUT2D eigenvalue weighted by Gasteiger charge is -2.01. The molecule has 0 unspecified atom stereocenters. The second kappa shape index (κ2) is 5.75. The summed E-state index contributed by atoms with van der Waals surface area (Å²) >= 11 is 6.23. The molecule has 0 radical (unpaired) electrons. The second-order valence-electron chi connectivity index (χ2n) is 3.23. The number of halogens is 1. The topological polar surface area (TPSA) is 42.9 Å². The molecule has 0 aliphatic carbocycles. The minimum atomic E-state index is 0.673. The van der Waals surface area contributed by atoms with Crippen LogP contribution in [-0.4, -0.2) is 15.6 Å². The molecule has 0 aliphatic heterocycles. The first-order valence-corrected chi connectivity index (χ1v) is 7.36. The molecule has 0 N–H and O–H groups in total. The van der Waals surface area contributed by atoms with Crippen molar-refractivity contribution in [3.05, 3.63) is 34.1 Å². The molecule has 0 atom stereocenters. The number of hydrogen-bond donors (Lipinski definition) is 0. The smallest absolute Gasteiger partial charge is 0.174 e. The Bertz CT molecular complexity index is 542. The van der Waals surface area contributed by atoms with Crippen LogP contribution in [-0.2, 0) is 6.42 Å². The second-order valence-corrected chi connectivity index (χ2v) is 6.19. The lowest BCUT2D eigenvalue weighted by atomic mass is 10.2. The highest BCUT2D eigenvalue weighted by Crippen LogP contribution is 2.32. The first-order chi connectivity index (χ1) is 8.22. The summed E-state index contributed by atoms with van der Waals surface area (Å²) in [5.41, 5.74) is 0.673. The number of carbonyl (C=O) groups excluding carboxylic acids is 1. The normalized spacial score (nSPS) is 10.5. The number of aromatic nitrogens is 2. The minimum Gasteiger partial charge on any atom is -0.298 e. The van der Waals surface area contributed by atoms with Crippen molar-refractivity contribution in [3.8, 4) is 0 Å². The van der Waals surface area contributed by atoms with Gasteiger partial charge in [0.25, 0.3) is 0 Å².